The van der Waals surface area contributed by atoms with Crippen LogP contribution in [0.1, 0.15) is 33.6 Å². The number of rotatable bonds is 14. The number of hydrogen-bond acceptors (Lipinski definition) is 5. The van der Waals surface area contributed by atoms with Crippen LogP contribution in [0.4, 0.5) is 0 Å². The largest absolute Gasteiger partial charge is 0.480 e. The number of carboxylic acids is 1. The first-order valence-corrected chi connectivity index (χ1v) is 8.22. The Morgan fingerprint density at radius 1 is 1.00 bits per heavy atom. The molecule has 0 spiro atoms. The molecule has 1 unspecified atom stereocenters. The predicted molar refractivity (Wildman–Crippen MR) is 88.0 cm³/mol. The van der Waals surface area contributed by atoms with Crippen molar-refractivity contribution in [3.63, 3.8) is 0 Å². The van der Waals surface area contributed by atoms with Crippen molar-refractivity contribution in [1.29, 1.82) is 0 Å². The molecule has 0 saturated carbocycles. The van der Waals surface area contributed by atoms with Crippen molar-refractivity contribution in [3.8, 4) is 0 Å². The van der Waals surface area contributed by atoms with Crippen molar-refractivity contribution in [1.82, 2.24) is 20.9 Å². The van der Waals surface area contributed by atoms with Gasteiger partial charge in [0.2, 0.25) is 5.91 Å². The summed E-state index contributed by atoms with van der Waals surface area (Å²) in [4.78, 5) is 25.2. The van der Waals surface area contributed by atoms with Gasteiger partial charge in [-0.15, -0.1) is 0 Å². The molecule has 1 atom stereocenters. The normalized spacial score (nSPS) is 12.1. The number of likely N-dealkylation sites (N-methyl/N-ethyl adjacent to an activating group) is 3. The minimum atomic E-state index is -0.901. The highest BCUT2D eigenvalue weighted by Crippen LogP contribution is 2.02. The Balaban J connectivity index is 4.35. The molecule has 22 heavy (non-hydrogen) atoms. The van der Waals surface area contributed by atoms with E-state index in [-0.39, 0.29) is 12.3 Å². The van der Waals surface area contributed by atoms with E-state index in [0.29, 0.717) is 26.1 Å². The summed E-state index contributed by atoms with van der Waals surface area (Å²) in [6.07, 6.45) is 0.573. The Morgan fingerprint density at radius 2 is 1.55 bits per heavy atom. The lowest BCUT2D eigenvalue weighted by Gasteiger charge is -2.24. The van der Waals surface area contributed by atoms with Crippen LogP contribution in [0.2, 0.25) is 0 Å². The molecule has 1 amide bonds. The molecule has 0 rings (SSSR count). The number of nitrogens with zero attached hydrogens (tertiary/aromatic N) is 1. The lowest BCUT2D eigenvalue weighted by molar-refractivity contribution is -0.140. The first kappa shape index (κ1) is 20.8. The Labute approximate surface area is 133 Å². The molecule has 0 aliphatic rings. The molecule has 0 bridgehead atoms. The van der Waals surface area contributed by atoms with Crippen LogP contribution < -0.4 is 16.0 Å². The fraction of sp³-hybridized carbons (Fsp3) is 0.867. The number of carbonyl (C=O) groups excluding carboxylic acids is 1. The van der Waals surface area contributed by atoms with Crippen LogP contribution in [0.15, 0.2) is 0 Å². The minimum Gasteiger partial charge on any atom is -0.480 e. The molecule has 0 fully saturated rings. The summed E-state index contributed by atoms with van der Waals surface area (Å²) in [6, 6.07) is -0.654. The van der Waals surface area contributed by atoms with Crippen LogP contribution in [0.5, 0.6) is 0 Å². The molecule has 4 N–H and O–H groups in total. The monoisotopic (exact) mass is 316 g/mol. The predicted octanol–water partition coefficient (Wildman–Crippen LogP) is -0.123. The van der Waals surface area contributed by atoms with Gasteiger partial charge >= 0.3 is 5.97 Å². The third-order valence-electron chi connectivity index (χ3n) is 3.37. The van der Waals surface area contributed by atoms with Gasteiger partial charge in [-0.3, -0.25) is 9.59 Å². The Hall–Kier alpha value is -1.18. The molecule has 0 aliphatic carbocycles. The summed E-state index contributed by atoms with van der Waals surface area (Å²) >= 11 is 0. The average Bonchev–Trinajstić information content (AvgIpc) is 2.49. The van der Waals surface area contributed by atoms with E-state index in [1.54, 1.807) is 4.90 Å². The van der Waals surface area contributed by atoms with E-state index in [9.17, 15) is 9.59 Å². The lowest BCUT2D eigenvalue weighted by Crippen LogP contribution is -2.42. The molecule has 7 heteroatoms. The van der Waals surface area contributed by atoms with Gasteiger partial charge in [-0.1, -0.05) is 20.8 Å². The second-order valence-corrected chi connectivity index (χ2v) is 5.08. The van der Waals surface area contributed by atoms with Gasteiger partial charge in [0.1, 0.15) is 6.04 Å². The van der Waals surface area contributed by atoms with Crippen molar-refractivity contribution in [2.75, 3.05) is 45.8 Å². The van der Waals surface area contributed by atoms with Crippen LogP contribution in [0, 0.1) is 0 Å². The summed E-state index contributed by atoms with van der Waals surface area (Å²) in [5.41, 5.74) is 0. The third-order valence-corrected chi connectivity index (χ3v) is 3.37. The fourth-order valence-corrected chi connectivity index (χ4v) is 2.13. The molecule has 0 aromatic heterocycles. The average molecular weight is 316 g/mol. The number of carboxylic acid groups (broad SMARTS) is 1. The van der Waals surface area contributed by atoms with E-state index >= 15 is 0 Å². The van der Waals surface area contributed by atoms with Crippen LogP contribution in [0.3, 0.4) is 0 Å². The van der Waals surface area contributed by atoms with Gasteiger partial charge in [0, 0.05) is 32.6 Å². The van der Waals surface area contributed by atoms with Crippen molar-refractivity contribution >= 4 is 11.9 Å². The van der Waals surface area contributed by atoms with Crippen molar-refractivity contribution in [2.45, 2.75) is 39.7 Å². The SMILES string of the molecule is CCNCCN(CCNCC)C(=O)CCC(NCC)C(=O)O. The highest BCUT2D eigenvalue weighted by atomic mass is 16.4. The van der Waals surface area contributed by atoms with Gasteiger partial charge in [0.25, 0.3) is 0 Å². The topological polar surface area (TPSA) is 93.7 Å². The Kier molecular flexibility index (Phi) is 12.8. The highest BCUT2D eigenvalue weighted by Gasteiger charge is 2.19. The minimum absolute atomic E-state index is 0.0139. The quantitative estimate of drug-likeness (QED) is 0.334. The summed E-state index contributed by atoms with van der Waals surface area (Å²) in [5, 5.41) is 18.4. The van der Waals surface area contributed by atoms with Gasteiger partial charge < -0.3 is 26.0 Å². The lowest BCUT2D eigenvalue weighted by atomic mass is 10.1. The highest BCUT2D eigenvalue weighted by molar-refractivity contribution is 5.78. The molecular formula is C15H32N4O3. The molecule has 0 saturated heterocycles. The summed E-state index contributed by atoms with van der Waals surface area (Å²) in [5.74, 6) is -0.888. The molecule has 0 aromatic rings. The first-order chi connectivity index (χ1) is 10.6. The third kappa shape index (κ3) is 9.70. The number of carbonyl (C=O) groups is 2. The van der Waals surface area contributed by atoms with E-state index in [2.05, 4.69) is 16.0 Å². The molecule has 130 valence electrons. The molecule has 0 heterocycles. The summed E-state index contributed by atoms with van der Waals surface area (Å²) in [6.45, 7) is 11.0. The van der Waals surface area contributed by atoms with Crippen LogP contribution in [-0.4, -0.2) is 73.7 Å². The second-order valence-electron chi connectivity index (χ2n) is 5.08. The van der Waals surface area contributed by atoms with Crippen molar-refractivity contribution < 1.29 is 14.7 Å². The van der Waals surface area contributed by atoms with E-state index in [0.717, 1.165) is 26.2 Å². The number of amides is 1. The summed E-state index contributed by atoms with van der Waals surface area (Å²) in [7, 11) is 0. The molecule has 0 aromatic carbocycles. The Morgan fingerprint density at radius 3 is 1.95 bits per heavy atom. The molecule has 0 radical (unpaired) electrons. The zero-order valence-electron chi connectivity index (χ0n) is 14.2. The van der Waals surface area contributed by atoms with Crippen LogP contribution >= 0.6 is 0 Å². The van der Waals surface area contributed by atoms with Crippen molar-refractivity contribution in [2.24, 2.45) is 0 Å². The van der Waals surface area contributed by atoms with Gasteiger partial charge in [0.15, 0.2) is 0 Å². The standard InChI is InChI=1S/C15H32N4O3/c1-4-16-9-11-19(12-10-17-5-2)14(20)8-7-13(15(21)22)18-6-3/h13,16-18H,4-12H2,1-3H3,(H,21,22). The second kappa shape index (κ2) is 13.5. The van der Waals surface area contributed by atoms with E-state index in [4.69, 9.17) is 5.11 Å². The number of hydrogen-bond donors (Lipinski definition) is 4. The zero-order valence-corrected chi connectivity index (χ0v) is 14.2. The fourth-order valence-electron chi connectivity index (χ4n) is 2.13. The molecule has 0 aliphatic heterocycles. The van der Waals surface area contributed by atoms with Crippen molar-refractivity contribution in [3.05, 3.63) is 0 Å². The summed E-state index contributed by atoms with van der Waals surface area (Å²) < 4.78 is 0. The van der Waals surface area contributed by atoms with Crippen LogP contribution in [-0.2, 0) is 9.59 Å². The van der Waals surface area contributed by atoms with Gasteiger partial charge in [-0.05, 0) is 26.1 Å². The van der Waals surface area contributed by atoms with Gasteiger partial charge in [-0.2, -0.15) is 0 Å². The maximum absolute atomic E-state index is 12.3. The van der Waals surface area contributed by atoms with Gasteiger partial charge in [-0.25, -0.2) is 0 Å². The maximum Gasteiger partial charge on any atom is 0.320 e. The van der Waals surface area contributed by atoms with Crippen LogP contribution in [0.25, 0.3) is 0 Å². The van der Waals surface area contributed by atoms with E-state index < -0.39 is 12.0 Å². The number of nitrogens with one attached hydrogen (secondary N) is 3. The maximum atomic E-state index is 12.3. The van der Waals surface area contributed by atoms with E-state index in [1.807, 2.05) is 20.8 Å². The van der Waals surface area contributed by atoms with Gasteiger partial charge in [0.05, 0.1) is 0 Å². The van der Waals surface area contributed by atoms with E-state index in [1.165, 1.54) is 0 Å². The number of aliphatic carboxylic acids is 1. The first-order valence-electron chi connectivity index (χ1n) is 8.22. The zero-order chi connectivity index (χ0) is 16.8. The molecule has 7 nitrogen and oxygen atoms in total. The Bertz CT molecular complexity index is 303. The smallest absolute Gasteiger partial charge is 0.320 e. The molecular weight excluding hydrogens is 284 g/mol.